The lowest BCUT2D eigenvalue weighted by Crippen LogP contribution is -2.35. The average molecular weight is 413 g/mol. The van der Waals surface area contributed by atoms with E-state index in [-0.39, 0.29) is 13.2 Å². The second kappa shape index (κ2) is 11.8. The lowest BCUT2D eigenvalue weighted by atomic mass is 10.2. The highest BCUT2D eigenvalue weighted by Crippen LogP contribution is 2.16. The van der Waals surface area contributed by atoms with Gasteiger partial charge in [0.05, 0.1) is 32.0 Å². The molecular formula is C21H23N3O6. The highest BCUT2D eigenvalue weighted by atomic mass is 16.6. The Morgan fingerprint density at radius 2 is 1.80 bits per heavy atom. The molecule has 2 N–H and O–H groups in total. The number of nitrogens with zero attached hydrogens (tertiary/aromatic N) is 1. The van der Waals surface area contributed by atoms with E-state index in [0.29, 0.717) is 29.2 Å². The monoisotopic (exact) mass is 413 g/mol. The maximum Gasteiger partial charge on any atom is 0.344 e. The number of nitrogens with one attached hydrogen (secondary N) is 2. The molecule has 0 bridgehead atoms. The number of para-hydroxylation sites is 1. The number of amides is 2. The van der Waals surface area contributed by atoms with Gasteiger partial charge in [-0.05, 0) is 48.9 Å². The first-order valence-electron chi connectivity index (χ1n) is 9.15. The summed E-state index contributed by atoms with van der Waals surface area (Å²) in [4.78, 5) is 35.2. The van der Waals surface area contributed by atoms with Gasteiger partial charge in [0, 0.05) is 0 Å². The van der Waals surface area contributed by atoms with E-state index in [9.17, 15) is 14.4 Å². The van der Waals surface area contributed by atoms with Gasteiger partial charge in [-0.3, -0.25) is 9.59 Å². The zero-order valence-electron chi connectivity index (χ0n) is 16.7. The van der Waals surface area contributed by atoms with Gasteiger partial charge < -0.3 is 19.5 Å². The summed E-state index contributed by atoms with van der Waals surface area (Å²) in [5, 5.41) is 6.34. The van der Waals surface area contributed by atoms with Crippen LogP contribution in [-0.4, -0.2) is 50.9 Å². The third-order valence-electron chi connectivity index (χ3n) is 3.71. The number of carbonyl (C=O) groups excluding carboxylic acids is 3. The van der Waals surface area contributed by atoms with Crippen LogP contribution in [0.1, 0.15) is 22.8 Å². The number of rotatable bonds is 10. The van der Waals surface area contributed by atoms with Crippen molar-refractivity contribution in [3.05, 3.63) is 59.7 Å². The number of hydrogen-bond acceptors (Lipinski definition) is 7. The van der Waals surface area contributed by atoms with Gasteiger partial charge >= 0.3 is 5.97 Å². The summed E-state index contributed by atoms with van der Waals surface area (Å²) in [6.07, 6.45) is 1.44. The first-order chi connectivity index (χ1) is 14.5. The van der Waals surface area contributed by atoms with E-state index in [1.54, 1.807) is 55.5 Å². The molecule has 0 saturated heterocycles. The molecule has 2 aromatic carbocycles. The molecule has 0 heterocycles. The largest absolute Gasteiger partial charge is 0.496 e. The number of esters is 1. The van der Waals surface area contributed by atoms with E-state index in [0.717, 1.165) is 0 Å². The van der Waals surface area contributed by atoms with Gasteiger partial charge in [-0.15, -0.1) is 0 Å². The summed E-state index contributed by atoms with van der Waals surface area (Å²) in [7, 11) is 1.46. The molecule has 0 aliphatic rings. The summed E-state index contributed by atoms with van der Waals surface area (Å²) < 4.78 is 15.2. The van der Waals surface area contributed by atoms with Gasteiger partial charge in [0.15, 0.2) is 6.61 Å². The molecule has 30 heavy (non-hydrogen) atoms. The second-order valence-corrected chi connectivity index (χ2v) is 5.84. The molecule has 9 heteroatoms. The summed E-state index contributed by atoms with van der Waals surface area (Å²) >= 11 is 0. The fourth-order valence-electron chi connectivity index (χ4n) is 2.30. The third-order valence-corrected chi connectivity index (χ3v) is 3.71. The molecule has 2 aromatic rings. The minimum atomic E-state index is -0.483. The average Bonchev–Trinajstić information content (AvgIpc) is 2.77. The predicted octanol–water partition coefficient (Wildman–Crippen LogP) is 1.52. The minimum absolute atomic E-state index is 0.169. The maximum atomic E-state index is 12.1. The Kier molecular flexibility index (Phi) is 8.85. The summed E-state index contributed by atoms with van der Waals surface area (Å²) in [5.74, 6) is -0.427. The van der Waals surface area contributed by atoms with Crippen molar-refractivity contribution in [1.82, 2.24) is 10.7 Å². The normalized spacial score (nSPS) is 10.3. The zero-order chi connectivity index (χ0) is 21.8. The molecule has 0 fully saturated rings. The van der Waals surface area contributed by atoms with Gasteiger partial charge in [0.25, 0.3) is 11.8 Å². The highest BCUT2D eigenvalue weighted by Gasteiger charge is 2.12. The van der Waals surface area contributed by atoms with Crippen LogP contribution in [0.2, 0.25) is 0 Å². The van der Waals surface area contributed by atoms with Crippen molar-refractivity contribution in [1.29, 1.82) is 0 Å². The van der Waals surface area contributed by atoms with Crippen LogP contribution in [0.25, 0.3) is 0 Å². The molecule has 0 atom stereocenters. The molecule has 0 aromatic heterocycles. The molecule has 0 aliphatic carbocycles. The van der Waals surface area contributed by atoms with Gasteiger partial charge in [-0.25, -0.2) is 10.2 Å². The van der Waals surface area contributed by atoms with Gasteiger partial charge in [-0.1, -0.05) is 12.1 Å². The molecule has 158 valence electrons. The van der Waals surface area contributed by atoms with Crippen molar-refractivity contribution in [3.63, 3.8) is 0 Å². The number of carbonyl (C=O) groups is 3. The van der Waals surface area contributed by atoms with E-state index in [4.69, 9.17) is 14.2 Å². The first-order valence-corrected chi connectivity index (χ1v) is 9.15. The SMILES string of the molecule is CCOC(=O)COc1ccc(C=NNC(=O)CNC(=O)c2ccccc2OC)cc1. The van der Waals surface area contributed by atoms with Crippen LogP contribution in [0.4, 0.5) is 0 Å². The van der Waals surface area contributed by atoms with Crippen molar-refractivity contribution in [2.24, 2.45) is 5.10 Å². The Morgan fingerprint density at radius 3 is 2.50 bits per heavy atom. The van der Waals surface area contributed by atoms with Crippen molar-refractivity contribution >= 4 is 24.0 Å². The van der Waals surface area contributed by atoms with Crippen LogP contribution in [0.15, 0.2) is 53.6 Å². The Bertz CT molecular complexity index is 896. The Hall–Kier alpha value is -3.88. The summed E-state index contributed by atoms with van der Waals surface area (Å²) in [6.45, 7) is 1.61. The topological polar surface area (TPSA) is 115 Å². The fraction of sp³-hybridized carbons (Fsp3) is 0.238. The molecule has 2 amide bonds. The molecule has 0 radical (unpaired) electrons. The van der Waals surface area contributed by atoms with Crippen molar-refractivity contribution in [2.75, 3.05) is 26.9 Å². The zero-order valence-corrected chi connectivity index (χ0v) is 16.7. The highest BCUT2D eigenvalue weighted by molar-refractivity contribution is 5.98. The molecule has 0 saturated carbocycles. The van der Waals surface area contributed by atoms with Crippen LogP contribution < -0.4 is 20.2 Å². The van der Waals surface area contributed by atoms with E-state index in [1.807, 2.05) is 0 Å². The lowest BCUT2D eigenvalue weighted by molar-refractivity contribution is -0.145. The van der Waals surface area contributed by atoms with E-state index in [2.05, 4.69) is 15.8 Å². The van der Waals surface area contributed by atoms with Crippen LogP contribution in [0, 0.1) is 0 Å². The Morgan fingerprint density at radius 1 is 1.07 bits per heavy atom. The van der Waals surface area contributed by atoms with E-state index in [1.165, 1.54) is 13.3 Å². The molecule has 0 unspecified atom stereocenters. The van der Waals surface area contributed by atoms with Crippen LogP contribution in [-0.2, 0) is 14.3 Å². The summed E-state index contributed by atoms with van der Waals surface area (Å²) in [6, 6.07) is 13.5. The molecule has 0 aliphatic heterocycles. The minimum Gasteiger partial charge on any atom is -0.496 e. The van der Waals surface area contributed by atoms with Crippen LogP contribution >= 0.6 is 0 Å². The van der Waals surface area contributed by atoms with E-state index >= 15 is 0 Å². The van der Waals surface area contributed by atoms with Crippen LogP contribution in [0.3, 0.4) is 0 Å². The first kappa shape index (κ1) is 22.4. The predicted molar refractivity (Wildman–Crippen MR) is 110 cm³/mol. The molecule has 9 nitrogen and oxygen atoms in total. The van der Waals surface area contributed by atoms with Gasteiger partial charge in [0.2, 0.25) is 0 Å². The second-order valence-electron chi connectivity index (χ2n) is 5.84. The molecule has 2 rings (SSSR count). The van der Waals surface area contributed by atoms with Crippen molar-refractivity contribution in [3.8, 4) is 11.5 Å². The van der Waals surface area contributed by atoms with Crippen molar-refractivity contribution < 1.29 is 28.6 Å². The van der Waals surface area contributed by atoms with Crippen LogP contribution in [0.5, 0.6) is 11.5 Å². The molecule has 0 spiro atoms. The van der Waals surface area contributed by atoms with Crippen molar-refractivity contribution in [2.45, 2.75) is 6.92 Å². The number of hydrazone groups is 1. The maximum absolute atomic E-state index is 12.1. The standard InChI is InChI=1S/C21H23N3O6/c1-3-29-20(26)14-30-16-10-8-15(9-11-16)12-23-24-19(25)13-22-21(27)17-6-4-5-7-18(17)28-2/h4-12H,3,13-14H2,1-2H3,(H,22,27)(H,24,25). The number of ether oxygens (including phenoxy) is 3. The number of benzene rings is 2. The van der Waals surface area contributed by atoms with Gasteiger partial charge in [0.1, 0.15) is 11.5 Å². The van der Waals surface area contributed by atoms with Gasteiger partial charge in [-0.2, -0.15) is 5.10 Å². The van der Waals surface area contributed by atoms with E-state index < -0.39 is 17.8 Å². The smallest absolute Gasteiger partial charge is 0.344 e. The summed E-state index contributed by atoms with van der Waals surface area (Å²) in [5.41, 5.74) is 3.37. The fourth-order valence-corrected chi connectivity index (χ4v) is 2.30. The molecular weight excluding hydrogens is 390 g/mol. The quantitative estimate of drug-likeness (QED) is 0.347. The number of methoxy groups -OCH3 is 1. The Balaban J connectivity index is 1.76. The number of hydrogen-bond donors (Lipinski definition) is 2. The lowest BCUT2D eigenvalue weighted by Gasteiger charge is -2.08. The Labute approximate surface area is 174 Å². The third kappa shape index (κ3) is 7.27.